The summed E-state index contributed by atoms with van der Waals surface area (Å²) in [5.41, 5.74) is 6.33. The molecule has 0 spiro atoms. The van der Waals surface area contributed by atoms with Gasteiger partial charge in [0.1, 0.15) is 17.9 Å². The molecular formula is C24H25BrFN5O3. The Labute approximate surface area is 204 Å². The summed E-state index contributed by atoms with van der Waals surface area (Å²) in [6, 6.07) is 8.38. The highest BCUT2D eigenvalue weighted by molar-refractivity contribution is 9.10. The smallest absolute Gasteiger partial charge is 0.275 e. The Morgan fingerprint density at radius 2 is 1.94 bits per heavy atom. The Morgan fingerprint density at radius 1 is 1.21 bits per heavy atom. The summed E-state index contributed by atoms with van der Waals surface area (Å²) in [6.07, 6.45) is 1.55. The number of nitrogens with zero attached hydrogens (tertiary/aromatic N) is 3. The molecule has 10 heteroatoms. The molecule has 34 heavy (non-hydrogen) atoms. The Morgan fingerprint density at radius 3 is 2.68 bits per heavy atom. The standard InChI is InChI=1S/C24H25BrFN5O3/c1-14-13-34-23-20-15(11-18(26)21(23)30-9-7-29(2)8-10-30)22(32)16(12-31(14)20)24(33)28-27-19-6-4-3-5-17(19)25/h3-6,11-12,14,27H,7-10,13H2,1-2H3,(H,28,33). The van der Waals surface area contributed by atoms with Crippen LogP contribution >= 0.6 is 15.9 Å². The lowest BCUT2D eigenvalue weighted by molar-refractivity contribution is 0.0960. The number of benzene rings is 2. The zero-order chi connectivity index (χ0) is 24.0. The highest BCUT2D eigenvalue weighted by Gasteiger charge is 2.31. The number of amides is 1. The molecule has 5 rings (SSSR count). The Kier molecular flexibility index (Phi) is 5.95. The van der Waals surface area contributed by atoms with Gasteiger partial charge < -0.3 is 19.1 Å². The Hall–Kier alpha value is -3.11. The molecule has 178 valence electrons. The van der Waals surface area contributed by atoms with Crippen LogP contribution in [0, 0.1) is 5.82 Å². The van der Waals surface area contributed by atoms with Crippen molar-refractivity contribution in [1.82, 2.24) is 14.9 Å². The third-order valence-electron chi connectivity index (χ3n) is 6.39. The first kappa shape index (κ1) is 22.7. The molecule has 1 aromatic heterocycles. The third kappa shape index (κ3) is 3.90. The van der Waals surface area contributed by atoms with Crippen LogP contribution in [0.25, 0.3) is 10.9 Å². The van der Waals surface area contributed by atoms with Crippen molar-refractivity contribution >= 4 is 44.1 Å². The second-order valence-electron chi connectivity index (χ2n) is 8.72. The third-order valence-corrected chi connectivity index (χ3v) is 7.08. The number of hydrogen-bond acceptors (Lipinski definition) is 6. The van der Waals surface area contributed by atoms with Crippen molar-refractivity contribution in [3.8, 4) is 5.75 Å². The molecule has 2 aliphatic rings. The van der Waals surface area contributed by atoms with Gasteiger partial charge in [0.05, 0.1) is 22.6 Å². The maximum absolute atomic E-state index is 15.4. The van der Waals surface area contributed by atoms with Gasteiger partial charge in [-0.2, -0.15) is 0 Å². The predicted molar refractivity (Wildman–Crippen MR) is 133 cm³/mol. The minimum Gasteiger partial charge on any atom is -0.487 e. The van der Waals surface area contributed by atoms with Crippen LogP contribution in [-0.2, 0) is 0 Å². The van der Waals surface area contributed by atoms with E-state index in [1.54, 1.807) is 12.3 Å². The van der Waals surface area contributed by atoms with Crippen molar-refractivity contribution in [3.63, 3.8) is 0 Å². The lowest BCUT2D eigenvalue weighted by Crippen LogP contribution is -2.45. The van der Waals surface area contributed by atoms with E-state index in [4.69, 9.17) is 4.74 Å². The molecule has 0 radical (unpaired) electrons. The first-order valence-corrected chi connectivity index (χ1v) is 11.9. The Bertz CT molecular complexity index is 1340. The zero-order valence-electron chi connectivity index (χ0n) is 18.9. The van der Waals surface area contributed by atoms with Gasteiger partial charge in [-0.05, 0) is 48.1 Å². The molecule has 2 N–H and O–H groups in total. The van der Waals surface area contributed by atoms with Gasteiger partial charge in [-0.1, -0.05) is 12.1 Å². The van der Waals surface area contributed by atoms with E-state index in [-0.39, 0.29) is 17.0 Å². The minimum atomic E-state index is -0.602. The van der Waals surface area contributed by atoms with Crippen molar-refractivity contribution in [2.75, 3.05) is 50.2 Å². The van der Waals surface area contributed by atoms with Crippen LogP contribution in [0.5, 0.6) is 5.75 Å². The van der Waals surface area contributed by atoms with E-state index in [0.29, 0.717) is 42.3 Å². The molecule has 3 heterocycles. The van der Waals surface area contributed by atoms with E-state index in [2.05, 4.69) is 31.7 Å². The van der Waals surface area contributed by atoms with Crippen molar-refractivity contribution in [3.05, 3.63) is 62.6 Å². The fraction of sp³-hybridized carbons (Fsp3) is 0.333. The molecule has 8 nitrogen and oxygen atoms in total. The molecule has 0 bridgehead atoms. The number of ether oxygens (including phenoxy) is 1. The largest absolute Gasteiger partial charge is 0.487 e. The monoisotopic (exact) mass is 529 g/mol. The highest BCUT2D eigenvalue weighted by atomic mass is 79.9. The van der Waals surface area contributed by atoms with E-state index in [1.807, 2.05) is 41.6 Å². The predicted octanol–water partition coefficient (Wildman–Crippen LogP) is 3.37. The van der Waals surface area contributed by atoms with Gasteiger partial charge in [0.15, 0.2) is 11.6 Å². The number of halogens is 2. The van der Waals surface area contributed by atoms with Crippen LogP contribution in [0.4, 0.5) is 15.8 Å². The second kappa shape index (κ2) is 8.92. The second-order valence-corrected chi connectivity index (χ2v) is 9.58. The van der Waals surface area contributed by atoms with Crippen molar-refractivity contribution < 1.29 is 13.9 Å². The van der Waals surface area contributed by atoms with E-state index >= 15 is 4.39 Å². The molecule has 1 saturated heterocycles. The van der Waals surface area contributed by atoms with Gasteiger partial charge >= 0.3 is 0 Å². The number of carbonyl (C=O) groups is 1. The normalized spacial score (nSPS) is 18.0. The number of nitrogens with one attached hydrogen (secondary N) is 2. The SMILES string of the molecule is CC1COc2c(N3CCN(C)CC3)c(F)cc3c(=O)c(C(=O)NNc4ccccc4Br)cn1c23. The first-order chi connectivity index (χ1) is 16.3. The molecule has 2 aromatic carbocycles. The van der Waals surface area contributed by atoms with Crippen LogP contribution in [0.15, 0.2) is 45.8 Å². The number of anilines is 2. The summed E-state index contributed by atoms with van der Waals surface area (Å²) in [4.78, 5) is 30.4. The van der Waals surface area contributed by atoms with Crippen molar-refractivity contribution in [1.29, 1.82) is 0 Å². The molecule has 0 saturated carbocycles. The lowest BCUT2D eigenvalue weighted by atomic mass is 10.0. The minimum absolute atomic E-state index is 0.0708. The summed E-state index contributed by atoms with van der Waals surface area (Å²) in [5, 5.41) is 0.130. The van der Waals surface area contributed by atoms with Crippen molar-refractivity contribution in [2.45, 2.75) is 13.0 Å². The fourth-order valence-corrected chi connectivity index (χ4v) is 4.84. The number of piperazine rings is 1. The average molecular weight is 530 g/mol. The zero-order valence-corrected chi connectivity index (χ0v) is 20.5. The number of para-hydroxylation sites is 1. The van der Waals surface area contributed by atoms with Gasteiger partial charge in [0, 0.05) is 36.8 Å². The number of rotatable bonds is 4. The topological polar surface area (TPSA) is 78.8 Å². The average Bonchev–Trinajstić information content (AvgIpc) is 2.82. The summed E-state index contributed by atoms with van der Waals surface area (Å²) >= 11 is 3.40. The van der Waals surface area contributed by atoms with E-state index in [0.717, 1.165) is 17.6 Å². The summed E-state index contributed by atoms with van der Waals surface area (Å²) < 4.78 is 24.0. The highest BCUT2D eigenvalue weighted by Crippen LogP contribution is 2.42. The van der Waals surface area contributed by atoms with Crippen LogP contribution in [0.3, 0.4) is 0 Å². The van der Waals surface area contributed by atoms with E-state index in [9.17, 15) is 9.59 Å². The summed E-state index contributed by atoms with van der Waals surface area (Å²) in [6.45, 7) is 5.19. The maximum atomic E-state index is 15.4. The number of carbonyl (C=O) groups excluding carboxylic acids is 1. The van der Waals surface area contributed by atoms with Crippen molar-refractivity contribution in [2.24, 2.45) is 0 Å². The molecule has 3 aromatic rings. The van der Waals surface area contributed by atoms with Gasteiger partial charge in [0.25, 0.3) is 5.91 Å². The molecule has 1 atom stereocenters. The number of hydrazine groups is 1. The summed E-state index contributed by atoms with van der Waals surface area (Å²) in [5.74, 6) is -0.752. The molecule has 2 aliphatic heterocycles. The number of hydrogen-bond donors (Lipinski definition) is 2. The molecule has 1 amide bonds. The molecule has 1 fully saturated rings. The van der Waals surface area contributed by atoms with Gasteiger partial charge in [-0.3, -0.25) is 20.4 Å². The van der Waals surface area contributed by atoms with Crippen LogP contribution in [0.1, 0.15) is 23.3 Å². The van der Waals surface area contributed by atoms with Gasteiger partial charge in [-0.15, -0.1) is 0 Å². The number of aromatic nitrogens is 1. The molecule has 0 aliphatic carbocycles. The summed E-state index contributed by atoms with van der Waals surface area (Å²) in [7, 11) is 2.03. The van der Waals surface area contributed by atoms with Crippen LogP contribution in [0.2, 0.25) is 0 Å². The molecule has 1 unspecified atom stereocenters. The van der Waals surface area contributed by atoms with Crippen LogP contribution < -0.4 is 25.9 Å². The van der Waals surface area contributed by atoms with Crippen LogP contribution in [-0.4, -0.2) is 55.2 Å². The molecular weight excluding hydrogens is 505 g/mol. The van der Waals surface area contributed by atoms with Gasteiger partial charge in [0.2, 0.25) is 5.43 Å². The van der Waals surface area contributed by atoms with E-state index in [1.165, 1.54) is 6.07 Å². The Balaban J connectivity index is 1.57. The van der Waals surface area contributed by atoms with Gasteiger partial charge in [-0.25, -0.2) is 4.39 Å². The fourth-order valence-electron chi connectivity index (χ4n) is 4.45. The lowest BCUT2D eigenvalue weighted by Gasteiger charge is -2.37. The number of likely N-dealkylation sites (N-methyl/N-ethyl adjacent to an activating group) is 1. The quantitative estimate of drug-likeness (QED) is 0.504. The van der Waals surface area contributed by atoms with E-state index < -0.39 is 17.2 Å². The maximum Gasteiger partial charge on any atom is 0.275 e. The first-order valence-electron chi connectivity index (χ1n) is 11.1. The number of pyridine rings is 1.